The maximum Gasteiger partial charge on any atom is 0.242 e. The second-order valence-electron chi connectivity index (χ2n) is 5.29. The first kappa shape index (κ1) is 16.3. The summed E-state index contributed by atoms with van der Waals surface area (Å²) in [6.07, 6.45) is 2.63. The van der Waals surface area contributed by atoms with Gasteiger partial charge in [-0.1, -0.05) is 19.1 Å². The van der Waals surface area contributed by atoms with Crippen molar-refractivity contribution in [1.82, 2.24) is 4.72 Å². The number of anilines is 1. The van der Waals surface area contributed by atoms with Crippen LogP contribution in [0.15, 0.2) is 29.2 Å². The van der Waals surface area contributed by atoms with Crippen LogP contribution in [0.25, 0.3) is 0 Å². The van der Waals surface area contributed by atoms with Crippen LogP contribution < -0.4 is 10.0 Å². The first-order valence-corrected chi connectivity index (χ1v) is 9.02. The Kier molecular flexibility index (Phi) is 5.61. The largest absolute Gasteiger partial charge is 0.384 e. The van der Waals surface area contributed by atoms with E-state index >= 15 is 0 Å². The van der Waals surface area contributed by atoms with E-state index in [1.807, 2.05) is 19.9 Å². The Morgan fingerprint density at radius 3 is 2.62 bits per heavy atom. The lowest BCUT2D eigenvalue weighted by atomic mass is 9.90. The number of hydrogen-bond acceptors (Lipinski definition) is 4. The molecule has 2 N–H and O–H groups in total. The molecule has 1 aliphatic carbocycles. The Balaban J connectivity index is 2.03. The molecule has 0 radical (unpaired) electrons. The number of hydrogen-bond donors (Lipinski definition) is 2. The van der Waals surface area contributed by atoms with Crippen molar-refractivity contribution in [2.75, 3.05) is 18.5 Å². The van der Waals surface area contributed by atoms with Crippen molar-refractivity contribution in [1.29, 1.82) is 0 Å². The van der Waals surface area contributed by atoms with Gasteiger partial charge >= 0.3 is 0 Å². The summed E-state index contributed by atoms with van der Waals surface area (Å²) >= 11 is 0. The van der Waals surface area contributed by atoms with Crippen LogP contribution in [0.1, 0.15) is 33.1 Å². The fraction of sp³-hybridized carbons (Fsp3) is 0.600. The lowest BCUT2D eigenvalue weighted by Crippen LogP contribution is -2.47. The van der Waals surface area contributed by atoms with E-state index < -0.39 is 10.0 Å². The fourth-order valence-corrected chi connectivity index (χ4v) is 3.87. The maximum absolute atomic E-state index is 12.5. The Labute approximate surface area is 127 Å². The zero-order chi connectivity index (χ0) is 15.3. The third kappa shape index (κ3) is 4.18. The van der Waals surface area contributed by atoms with Crippen molar-refractivity contribution in [3.8, 4) is 0 Å². The van der Waals surface area contributed by atoms with E-state index in [-0.39, 0.29) is 12.1 Å². The zero-order valence-electron chi connectivity index (χ0n) is 12.6. The Bertz CT molecular complexity index is 554. The number of benzene rings is 1. The topological polar surface area (TPSA) is 67.4 Å². The van der Waals surface area contributed by atoms with Gasteiger partial charge in [-0.3, -0.25) is 0 Å². The second kappa shape index (κ2) is 7.24. The molecular weight excluding hydrogens is 288 g/mol. The van der Waals surface area contributed by atoms with E-state index in [2.05, 4.69) is 10.0 Å². The standard InChI is InChI=1S/C15H24N2O3S/c1-3-9-16-14-7-5-6-8-15(14)21(18,19)17-12-10-13(11-12)20-4-2/h5-8,12-13,16-17H,3-4,9-11H2,1-2H3. The predicted octanol–water partition coefficient (Wildman–Crippen LogP) is 2.35. The molecular formula is C15H24N2O3S. The fourth-order valence-electron chi connectivity index (χ4n) is 2.42. The molecule has 0 bridgehead atoms. The molecule has 5 nitrogen and oxygen atoms in total. The van der Waals surface area contributed by atoms with Gasteiger partial charge in [0.05, 0.1) is 11.8 Å². The van der Waals surface area contributed by atoms with Crippen LogP contribution >= 0.6 is 0 Å². The minimum absolute atomic E-state index is 0.0224. The normalized spacial score (nSPS) is 21.8. The Morgan fingerprint density at radius 2 is 1.95 bits per heavy atom. The van der Waals surface area contributed by atoms with Crippen molar-refractivity contribution in [3.05, 3.63) is 24.3 Å². The van der Waals surface area contributed by atoms with E-state index in [9.17, 15) is 8.42 Å². The van der Waals surface area contributed by atoms with Crippen LogP contribution in [0.4, 0.5) is 5.69 Å². The molecule has 0 amide bonds. The summed E-state index contributed by atoms with van der Waals surface area (Å²) in [6.45, 7) is 5.42. The molecule has 1 aromatic carbocycles. The van der Waals surface area contributed by atoms with Crippen molar-refractivity contribution in [3.63, 3.8) is 0 Å². The summed E-state index contributed by atoms with van der Waals surface area (Å²) in [7, 11) is -3.49. The highest BCUT2D eigenvalue weighted by Gasteiger charge is 2.33. The molecule has 1 fully saturated rings. The molecule has 21 heavy (non-hydrogen) atoms. The van der Waals surface area contributed by atoms with Crippen LogP contribution in [0.3, 0.4) is 0 Å². The van der Waals surface area contributed by atoms with Gasteiger partial charge in [0, 0.05) is 19.2 Å². The third-order valence-corrected chi connectivity index (χ3v) is 5.14. The average Bonchev–Trinajstić information content (AvgIpc) is 2.43. The summed E-state index contributed by atoms with van der Waals surface area (Å²) in [5, 5.41) is 3.16. The van der Waals surface area contributed by atoms with Crippen LogP contribution in [0.2, 0.25) is 0 Å². The molecule has 2 rings (SSSR count). The third-order valence-electron chi connectivity index (χ3n) is 3.56. The lowest BCUT2D eigenvalue weighted by molar-refractivity contribution is -0.00475. The Morgan fingerprint density at radius 1 is 1.24 bits per heavy atom. The SMILES string of the molecule is CCCNc1ccccc1S(=O)(=O)NC1CC(OCC)C1. The molecule has 0 spiro atoms. The van der Waals surface area contributed by atoms with Crippen molar-refractivity contribution < 1.29 is 13.2 Å². The molecule has 0 heterocycles. The maximum atomic E-state index is 12.5. The average molecular weight is 312 g/mol. The van der Waals surface area contributed by atoms with Crippen molar-refractivity contribution in [2.24, 2.45) is 0 Å². The smallest absolute Gasteiger partial charge is 0.242 e. The monoisotopic (exact) mass is 312 g/mol. The molecule has 0 unspecified atom stereocenters. The molecule has 118 valence electrons. The van der Waals surface area contributed by atoms with Crippen LogP contribution in [-0.4, -0.2) is 33.7 Å². The van der Waals surface area contributed by atoms with Gasteiger partial charge in [-0.15, -0.1) is 0 Å². The first-order chi connectivity index (χ1) is 10.1. The van der Waals surface area contributed by atoms with Gasteiger partial charge in [0.2, 0.25) is 10.0 Å². The van der Waals surface area contributed by atoms with E-state index in [0.29, 0.717) is 17.2 Å². The van der Waals surface area contributed by atoms with Gasteiger partial charge in [-0.2, -0.15) is 0 Å². The van der Waals surface area contributed by atoms with Gasteiger partial charge < -0.3 is 10.1 Å². The van der Waals surface area contributed by atoms with Gasteiger partial charge in [-0.05, 0) is 38.3 Å². The first-order valence-electron chi connectivity index (χ1n) is 7.53. The van der Waals surface area contributed by atoms with Crippen LogP contribution in [0.5, 0.6) is 0 Å². The molecule has 0 aliphatic heterocycles. The Hall–Kier alpha value is -1.11. The molecule has 1 saturated carbocycles. The lowest BCUT2D eigenvalue weighted by Gasteiger charge is -2.35. The molecule has 1 aliphatic rings. The molecule has 0 aromatic heterocycles. The minimum Gasteiger partial charge on any atom is -0.384 e. The van der Waals surface area contributed by atoms with Gasteiger partial charge in [0.25, 0.3) is 0 Å². The summed E-state index contributed by atoms with van der Waals surface area (Å²) in [4.78, 5) is 0.318. The quantitative estimate of drug-likeness (QED) is 0.773. The highest BCUT2D eigenvalue weighted by Crippen LogP contribution is 2.27. The molecule has 0 atom stereocenters. The van der Waals surface area contributed by atoms with E-state index in [1.165, 1.54) is 0 Å². The van der Waals surface area contributed by atoms with Gasteiger partial charge in [-0.25, -0.2) is 13.1 Å². The van der Waals surface area contributed by atoms with Crippen molar-refractivity contribution >= 4 is 15.7 Å². The summed E-state index contributed by atoms with van der Waals surface area (Å²) in [6, 6.07) is 7.00. The number of rotatable bonds is 8. The second-order valence-corrected chi connectivity index (χ2v) is 6.97. The van der Waals surface area contributed by atoms with Crippen LogP contribution in [-0.2, 0) is 14.8 Å². The van der Waals surface area contributed by atoms with E-state index in [1.54, 1.807) is 18.2 Å². The predicted molar refractivity (Wildman–Crippen MR) is 84.0 cm³/mol. The van der Waals surface area contributed by atoms with Crippen LogP contribution in [0, 0.1) is 0 Å². The van der Waals surface area contributed by atoms with Gasteiger partial charge in [0.1, 0.15) is 4.90 Å². The van der Waals surface area contributed by atoms with E-state index in [0.717, 1.165) is 25.8 Å². The number of ether oxygens (including phenoxy) is 1. The number of para-hydroxylation sites is 1. The molecule has 0 saturated heterocycles. The van der Waals surface area contributed by atoms with E-state index in [4.69, 9.17) is 4.74 Å². The summed E-state index contributed by atoms with van der Waals surface area (Å²) in [5.74, 6) is 0. The van der Waals surface area contributed by atoms with Gasteiger partial charge in [0.15, 0.2) is 0 Å². The molecule has 1 aromatic rings. The summed E-state index contributed by atoms with van der Waals surface area (Å²) in [5.41, 5.74) is 0.660. The highest BCUT2D eigenvalue weighted by molar-refractivity contribution is 7.89. The summed E-state index contributed by atoms with van der Waals surface area (Å²) < 4.78 is 33.2. The highest BCUT2D eigenvalue weighted by atomic mass is 32.2. The number of sulfonamides is 1. The van der Waals surface area contributed by atoms with Crippen molar-refractivity contribution in [2.45, 2.75) is 50.2 Å². The minimum atomic E-state index is -3.49. The zero-order valence-corrected chi connectivity index (χ0v) is 13.4. The molecule has 6 heteroatoms. The number of nitrogens with one attached hydrogen (secondary N) is 2.